The lowest BCUT2D eigenvalue weighted by molar-refractivity contribution is 0.467. The molecule has 2 rings (SSSR count). The molecule has 0 bridgehead atoms. The summed E-state index contributed by atoms with van der Waals surface area (Å²) in [7, 11) is -3.85. The third-order valence-corrected chi connectivity index (χ3v) is 5.27. The molecule has 2 aromatic carbocycles. The minimum absolute atomic E-state index is 0.102. The summed E-state index contributed by atoms with van der Waals surface area (Å²) in [5.74, 6) is 0.395. The lowest BCUT2D eigenvalue weighted by atomic mass is 10.2. The number of amidine groups is 1. The van der Waals surface area contributed by atoms with Gasteiger partial charge in [0.1, 0.15) is 5.84 Å². The molecule has 128 valence electrons. The molecule has 4 nitrogen and oxygen atoms in total. The zero-order valence-electron chi connectivity index (χ0n) is 13.4. The third-order valence-electron chi connectivity index (χ3n) is 3.48. The molecular weight excluding hydrogens is 367 g/mol. The van der Waals surface area contributed by atoms with Crippen molar-refractivity contribution in [3.63, 3.8) is 0 Å². The van der Waals surface area contributed by atoms with Crippen LogP contribution in [0.5, 0.6) is 0 Å². The summed E-state index contributed by atoms with van der Waals surface area (Å²) in [6, 6.07) is 12.9. The Kier molecular flexibility index (Phi) is 6.27. The van der Waals surface area contributed by atoms with Gasteiger partial charge in [-0.2, -0.15) is 8.42 Å². The molecule has 0 amide bonds. The van der Waals surface area contributed by atoms with Crippen molar-refractivity contribution in [1.82, 2.24) is 4.90 Å². The van der Waals surface area contributed by atoms with Crippen molar-refractivity contribution in [3.05, 3.63) is 64.1 Å². The van der Waals surface area contributed by atoms with Crippen molar-refractivity contribution in [2.45, 2.75) is 18.7 Å². The molecule has 0 aliphatic carbocycles. The zero-order valence-corrected chi connectivity index (χ0v) is 15.7. The van der Waals surface area contributed by atoms with E-state index < -0.39 is 10.0 Å². The fraction of sp³-hybridized carbons (Fsp3) is 0.235. The van der Waals surface area contributed by atoms with E-state index in [1.54, 1.807) is 24.3 Å². The van der Waals surface area contributed by atoms with Gasteiger partial charge in [-0.3, -0.25) is 0 Å². The van der Waals surface area contributed by atoms with Crippen LogP contribution < -0.4 is 0 Å². The molecule has 0 fully saturated rings. The Morgan fingerprint density at radius 1 is 0.917 bits per heavy atom. The summed E-state index contributed by atoms with van der Waals surface area (Å²) in [5.41, 5.74) is 0.695. The smallest absolute Gasteiger partial charge is 0.284 e. The summed E-state index contributed by atoms with van der Waals surface area (Å²) < 4.78 is 29.4. The number of rotatable bonds is 5. The van der Waals surface area contributed by atoms with Crippen LogP contribution in [-0.2, 0) is 10.0 Å². The van der Waals surface area contributed by atoms with Crippen LogP contribution in [0.1, 0.15) is 19.4 Å². The lowest BCUT2D eigenvalue weighted by Gasteiger charge is -2.23. The second kappa shape index (κ2) is 8.01. The van der Waals surface area contributed by atoms with Gasteiger partial charge in [0.2, 0.25) is 0 Å². The van der Waals surface area contributed by atoms with Gasteiger partial charge < -0.3 is 4.90 Å². The van der Waals surface area contributed by atoms with E-state index in [1.165, 1.54) is 24.3 Å². The van der Waals surface area contributed by atoms with Crippen LogP contribution in [0.25, 0.3) is 0 Å². The second-order valence-electron chi connectivity index (χ2n) is 5.02. The van der Waals surface area contributed by atoms with Crippen molar-refractivity contribution >= 4 is 39.1 Å². The molecule has 0 heterocycles. The molecule has 0 aliphatic heterocycles. The van der Waals surface area contributed by atoms with Crippen LogP contribution in [0.2, 0.25) is 10.0 Å². The minimum atomic E-state index is -3.85. The van der Waals surface area contributed by atoms with Gasteiger partial charge in [-0.15, -0.1) is 4.40 Å². The summed E-state index contributed by atoms with van der Waals surface area (Å²) in [5, 5.41) is 1.05. The maximum Gasteiger partial charge on any atom is 0.284 e. The van der Waals surface area contributed by atoms with E-state index in [4.69, 9.17) is 23.2 Å². The number of hydrogen-bond acceptors (Lipinski definition) is 2. The van der Waals surface area contributed by atoms with E-state index >= 15 is 0 Å². The first-order valence-electron chi connectivity index (χ1n) is 7.48. The zero-order chi connectivity index (χ0) is 17.7. The maximum atomic E-state index is 12.6. The molecule has 0 spiro atoms. The minimum Gasteiger partial charge on any atom is -0.356 e. The van der Waals surface area contributed by atoms with Gasteiger partial charge in [0.15, 0.2) is 0 Å². The van der Waals surface area contributed by atoms with Crippen LogP contribution >= 0.6 is 23.2 Å². The van der Waals surface area contributed by atoms with Crippen LogP contribution in [0.3, 0.4) is 0 Å². The Hall–Kier alpha value is -1.56. The summed E-state index contributed by atoms with van der Waals surface area (Å²) in [6.07, 6.45) is 0. The molecule has 0 radical (unpaired) electrons. The third kappa shape index (κ3) is 4.50. The highest BCUT2D eigenvalue weighted by Crippen LogP contribution is 2.19. The quantitative estimate of drug-likeness (QED) is 0.564. The van der Waals surface area contributed by atoms with Gasteiger partial charge in [0, 0.05) is 28.7 Å². The average molecular weight is 385 g/mol. The van der Waals surface area contributed by atoms with E-state index in [1.807, 2.05) is 18.7 Å². The lowest BCUT2D eigenvalue weighted by Crippen LogP contribution is -2.32. The van der Waals surface area contributed by atoms with Crippen LogP contribution in [0.15, 0.2) is 57.8 Å². The summed E-state index contributed by atoms with van der Waals surface area (Å²) >= 11 is 11.7. The molecule has 0 unspecified atom stereocenters. The van der Waals surface area contributed by atoms with E-state index in [9.17, 15) is 8.42 Å². The highest BCUT2D eigenvalue weighted by atomic mass is 35.5. The van der Waals surface area contributed by atoms with Crippen molar-refractivity contribution in [3.8, 4) is 0 Å². The topological polar surface area (TPSA) is 49.7 Å². The van der Waals surface area contributed by atoms with Crippen molar-refractivity contribution in [2.24, 2.45) is 4.40 Å². The van der Waals surface area contributed by atoms with Gasteiger partial charge in [0.25, 0.3) is 10.0 Å². The van der Waals surface area contributed by atoms with E-state index in [2.05, 4.69) is 4.40 Å². The first-order chi connectivity index (χ1) is 11.4. The van der Waals surface area contributed by atoms with Crippen LogP contribution in [-0.4, -0.2) is 32.2 Å². The van der Waals surface area contributed by atoms with Crippen LogP contribution in [0, 0.1) is 0 Å². The Morgan fingerprint density at radius 3 is 1.83 bits per heavy atom. The Balaban J connectivity index is 2.54. The number of nitrogens with zero attached hydrogens (tertiary/aromatic N) is 2. The molecule has 2 aromatic rings. The molecule has 24 heavy (non-hydrogen) atoms. The Morgan fingerprint density at radius 2 is 1.38 bits per heavy atom. The van der Waals surface area contributed by atoms with E-state index in [0.29, 0.717) is 34.5 Å². The molecule has 0 N–H and O–H groups in total. The van der Waals surface area contributed by atoms with Crippen LogP contribution in [0.4, 0.5) is 0 Å². The maximum absolute atomic E-state index is 12.6. The summed E-state index contributed by atoms with van der Waals surface area (Å²) in [4.78, 5) is 1.99. The SMILES string of the molecule is CCN(CC)/C(=N/S(=O)(=O)c1ccc(Cl)cc1)c1ccc(Cl)cc1. The van der Waals surface area contributed by atoms with E-state index in [0.717, 1.165) is 0 Å². The predicted molar refractivity (Wildman–Crippen MR) is 99.5 cm³/mol. The van der Waals surface area contributed by atoms with Gasteiger partial charge in [-0.25, -0.2) is 0 Å². The first-order valence-corrected chi connectivity index (χ1v) is 9.68. The van der Waals surface area contributed by atoms with Gasteiger partial charge in [-0.05, 0) is 62.4 Å². The standard InChI is InChI=1S/C17H18Cl2N2O2S/c1-3-21(4-2)17(13-5-7-14(18)8-6-13)20-24(22,23)16-11-9-15(19)10-12-16/h5-12H,3-4H2,1-2H3/b20-17+. The van der Waals surface area contributed by atoms with Gasteiger partial charge >= 0.3 is 0 Å². The summed E-state index contributed by atoms with van der Waals surface area (Å²) in [6.45, 7) is 5.16. The number of sulfonamides is 1. The molecule has 0 atom stereocenters. The molecule has 0 saturated carbocycles. The van der Waals surface area contributed by atoms with E-state index in [-0.39, 0.29) is 4.90 Å². The number of benzene rings is 2. The molecule has 0 aromatic heterocycles. The highest BCUT2D eigenvalue weighted by Gasteiger charge is 2.18. The Labute approximate surface area is 152 Å². The average Bonchev–Trinajstić information content (AvgIpc) is 2.56. The predicted octanol–water partition coefficient (Wildman–Crippen LogP) is 4.47. The molecular formula is C17H18Cl2N2O2S. The second-order valence-corrected chi connectivity index (χ2v) is 7.50. The van der Waals surface area contributed by atoms with Crippen molar-refractivity contribution < 1.29 is 8.42 Å². The highest BCUT2D eigenvalue weighted by molar-refractivity contribution is 7.90. The molecule has 0 aliphatic rings. The largest absolute Gasteiger partial charge is 0.356 e. The molecule has 0 saturated heterocycles. The molecule has 7 heteroatoms. The first kappa shape index (κ1) is 18.8. The number of halogens is 2. The number of hydrogen-bond donors (Lipinski definition) is 0. The fourth-order valence-corrected chi connectivity index (χ4v) is 3.47. The van der Waals surface area contributed by atoms with Gasteiger partial charge in [0.05, 0.1) is 4.90 Å². The van der Waals surface area contributed by atoms with Crippen molar-refractivity contribution in [2.75, 3.05) is 13.1 Å². The monoisotopic (exact) mass is 384 g/mol. The van der Waals surface area contributed by atoms with Gasteiger partial charge in [-0.1, -0.05) is 23.2 Å². The Bertz CT molecular complexity index is 813. The normalized spacial score (nSPS) is 12.2. The fourth-order valence-electron chi connectivity index (χ4n) is 2.19. The van der Waals surface area contributed by atoms with Crippen molar-refractivity contribution in [1.29, 1.82) is 0 Å².